The Balaban J connectivity index is 3.49. The van der Waals surface area contributed by atoms with E-state index in [1.54, 1.807) is 0 Å². The molecule has 0 bridgehead atoms. The summed E-state index contributed by atoms with van der Waals surface area (Å²) in [4.78, 5) is 13.4. The lowest BCUT2D eigenvalue weighted by Gasteiger charge is -2.20. The summed E-state index contributed by atoms with van der Waals surface area (Å²) in [5, 5.41) is 2.84. The van der Waals surface area contributed by atoms with Crippen molar-refractivity contribution in [2.24, 2.45) is 5.73 Å². The highest BCUT2D eigenvalue weighted by molar-refractivity contribution is 5.76. The molecule has 4 nitrogen and oxygen atoms in total. The summed E-state index contributed by atoms with van der Waals surface area (Å²) in [5.74, 6) is 0.0390. The first-order valence-corrected chi connectivity index (χ1v) is 5.16. The van der Waals surface area contributed by atoms with Crippen LogP contribution in [0, 0.1) is 0 Å². The number of rotatable bonds is 6. The molecule has 0 fully saturated rings. The van der Waals surface area contributed by atoms with Gasteiger partial charge in [-0.15, -0.1) is 0 Å². The lowest BCUT2D eigenvalue weighted by molar-refractivity contribution is -0.121. The summed E-state index contributed by atoms with van der Waals surface area (Å²) in [5.41, 5.74) is 5.50. The maximum atomic E-state index is 11.2. The average molecular weight is 201 g/mol. The van der Waals surface area contributed by atoms with E-state index in [1.807, 2.05) is 14.0 Å². The lowest BCUT2D eigenvalue weighted by Crippen LogP contribution is -2.37. The van der Waals surface area contributed by atoms with Crippen LogP contribution < -0.4 is 11.1 Å². The second-order valence-electron chi connectivity index (χ2n) is 4.11. The van der Waals surface area contributed by atoms with Crippen LogP contribution in [0.1, 0.15) is 27.2 Å². The molecule has 0 rings (SSSR count). The van der Waals surface area contributed by atoms with Gasteiger partial charge in [0, 0.05) is 31.6 Å². The quantitative estimate of drug-likeness (QED) is 0.644. The van der Waals surface area contributed by atoms with E-state index >= 15 is 0 Å². The Morgan fingerprint density at radius 3 is 2.43 bits per heavy atom. The Morgan fingerprint density at radius 2 is 2.00 bits per heavy atom. The second kappa shape index (κ2) is 6.79. The van der Waals surface area contributed by atoms with Crippen LogP contribution >= 0.6 is 0 Å². The van der Waals surface area contributed by atoms with Gasteiger partial charge in [-0.1, -0.05) is 0 Å². The molecule has 0 aliphatic rings. The van der Waals surface area contributed by atoms with Gasteiger partial charge in [-0.2, -0.15) is 0 Å². The topological polar surface area (TPSA) is 58.4 Å². The minimum absolute atomic E-state index is 0.0390. The molecule has 0 saturated carbocycles. The number of hydrogen-bond acceptors (Lipinski definition) is 3. The van der Waals surface area contributed by atoms with Crippen LogP contribution in [0.4, 0.5) is 0 Å². The van der Waals surface area contributed by atoms with E-state index in [0.717, 1.165) is 6.54 Å². The molecule has 1 atom stereocenters. The first-order chi connectivity index (χ1) is 6.43. The van der Waals surface area contributed by atoms with Gasteiger partial charge in [-0.25, -0.2) is 0 Å². The predicted octanol–water partition coefficient (Wildman–Crippen LogP) is 0.180. The van der Waals surface area contributed by atoms with E-state index in [1.165, 1.54) is 0 Å². The Labute approximate surface area is 86.8 Å². The number of nitrogens with two attached hydrogens (primary N) is 1. The molecule has 3 N–H and O–H groups in total. The summed E-state index contributed by atoms with van der Waals surface area (Å²) in [6.07, 6.45) is 0.408. The highest BCUT2D eigenvalue weighted by atomic mass is 16.1. The fourth-order valence-electron chi connectivity index (χ4n) is 0.994. The monoisotopic (exact) mass is 201 g/mol. The number of likely N-dealkylation sites (N-methyl/N-ethyl adjacent to an activating group) is 1. The number of carbonyl (C=O) groups excluding carboxylic acids is 1. The van der Waals surface area contributed by atoms with Crippen LogP contribution in [0.5, 0.6) is 0 Å². The molecule has 0 heterocycles. The molecule has 0 spiro atoms. The predicted molar refractivity (Wildman–Crippen MR) is 59.0 cm³/mol. The van der Waals surface area contributed by atoms with E-state index in [4.69, 9.17) is 5.73 Å². The molecule has 0 aliphatic heterocycles. The Kier molecular flexibility index (Phi) is 6.49. The molecule has 14 heavy (non-hydrogen) atoms. The Morgan fingerprint density at radius 1 is 1.43 bits per heavy atom. The van der Waals surface area contributed by atoms with Crippen molar-refractivity contribution in [3.63, 3.8) is 0 Å². The van der Waals surface area contributed by atoms with Gasteiger partial charge in [0.25, 0.3) is 0 Å². The fourth-order valence-corrected chi connectivity index (χ4v) is 0.994. The van der Waals surface area contributed by atoms with Crippen LogP contribution in [0.2, 0.25) is 0 Å². The van der Waals surface area contributed by atoms with E-state index in [-0.39, 0.29) is 11.9 Å². The van der Waals surface area contributed by atoms with E-state index in [0.29, 0.717) is 19.0 Å². The third kappa shape index (κ3) is 6.86. The van der Waals surface area contributed by atoms with Crippen molar-refractivity contribution in [1.29, 1.82) is 0 Å². The number of amides is 1. The molecule has 0 radical (unpaired) electrons. The van der Waals surface area contributed by atoms with Gasteiger partial charge in [0.2, 0.25) is 5.91 Å². The molecular weight excluding hydrogens is 178 g/mol. The smallest absolute Gasteiger partial charge is 0.221 e. The average Bonchev–Trinajstić information content (AvgIpc) is 2.02. The summed E-state index contributed by atoms with van der Waals surface area (Å²) >= 11 is 0. The largest absolute Gasteiger partial charge is 0.355 e. The zero-order chi connectivity index (χ0) is 11.1. The van der Waals surface area contributed by atoms with E-state index in [2.05, 4.69) is 24.1 Å². The minimum Gasteiger partial charge on any atom is -0.355 e. The van der Waals surface area contributed by atoms with E-state index in [9.17, 15) is 4.79 Å². The lowest BCUT2D eigenvalue weighted by atomic mass is 10.2. The Hall–Kier alpha value is -0.610. The highest BCUT2D eigenvalue weighted by Gasteiger charge is 2.06. The molecule has 0 aromatic carbocycles. The molecule has 4 heteroatoms. The summed E-state index contributed by atoms with van der Waals surface area (Å²) < 4.78 is 0. The standard InChI is InChI=1S/C10H23N3O/c1-8(2)13(4)6-5-12-10(14)7-9(3)11/h8-9H,5-7,11H2,1-4H3,(H,12,14). The molecule has 1 amide bonds. The third-order valence-corrected chi connectivity index (χ3v) is 2.18. The number of carbonyl (C=O) groups is 1. The summed E-state index contributed by atoms with van der Waals surface area (Å²) in [6, 6.07) is 0.457. The second-order valence-corrected chi connectivity index (χ2v) is 4.11. The van der Waals surface area contributed by atoms with Gasteiger partial charge in [-0.05, 0) is 27.8 Å². The summed E-state index contributed by atoms with van der Waals surface area (Å²) in [6.45, 7) is 7.66. The zero-order valence-corrected chi connectivity index (χ0v) is 9.71. The molecular formula is C10H23N3O. The van der Waals surface area contributed by atoms with Gasteiger partial charge in [0.05, 0.1) is 0 Å². The maximum absolute atomic E-state index is 11.2. The zero-order valence-electron chi connectivity index (χ0n) is 9.71. The van der Waals surface area contributed by atoms with Crippen molar-refractivity contribution in [1.82, 2.24) is 10.2 Å². The van der Waals surface area contributed by atoms with Crippen LogP contribution in [0.25, 0.3) is 0 Å². The highest BCUT2D eigenvalue weighted by Crippen LogP contribution is 1.91. The van der Waals surface area contributed by atoms with Gasteiger partial charge >= 0.3 is 0 Å². The fraction of sp³-hybridized carbons (Fsp3) is 0.900. The van der Waals surface area contributed by atoms with Crippen LogP contribution in [-0.2, 0) is 4.79 Å². The van der Waals surface area contributed by atoms with Gasteiger partial charge in [0.1, 0.15) is 0 Å². The van der Waals surface area contributed by atoms with E-state index < -0.39 is 0 Å². The van der Waals surface area contributed by atoms with Crippen molar-refractivity contribution in [2.45, 2.75) is 39.3 Å². The minimum atomic E-state index is -0.0576. The first kappa shape index (κ1) is 13.4. The van der Waals surface area contributed by atoms with Crippen molar-refractivity contribution < 1.29 is 4.79 Å². The Bertz CT molecular complexity index is 169. The molecule has 0 aromatic heterocycles. The van der Waals surface area contributed by atoms with Crippen molar-refractivity contribution in [2.75, 3.05) is 20.1 Å². The normalized spacial score (nSPS) is 13.4. The van der Waals surface area contributed by atoms with Crippen LogP contribution in [0.15, 0.2) is 0 Å². The molecule has 84 valence electrons. The third-order valence-electron chi connectivity index (χ3n) is 2.18. The van der Waals surface area contributed by atoms with Crippen LogP contribution in [-0.4, -0.2) is 43.0 Å². The van der Waals surface area contributed by atoms with Gasteiger partial charge in [-0.3, -0.25) is 4.79 Å². The molecule has 0 saturated heterocycles. The first-order valence-electron chi connectivity index (χ1n) is 5.16. The number of hydrogen-bond donors (Lipinski definition) is 2. The molecule has 0 aromatic rings. The van der Waals surface area contributed by atoms with Crippen molar-refractivity contribution in [3.05, 3.63) is 0 Å². The van der Waals surface area contributed by atoms with Crippen LogP contribution in [0.3, 0.4) is 0 Å². The SMILES string of the molecule is CC(N)CC(=O)NCCN(C)C(C)C. The molecule has 0 aliphatic carbocycles. The van der Waals surface area contributed by atoms with Gasteiger partial charge in [0.15, 0.2) is 0 Å². The summed E-state index contributed by atoms with van der Waals surface area (Å²) in [7, 11) is 2.04. The van der Waals surface area contributed by atoms with Gasteiger partial charge < -0.3 is 16.0 Å². The number of nitrogens with one attached hydrogen (secondary N) is 1. The van der Waals surface area contributed by atoms with Crippen molar-refractivity contribution >= 4 is 5.91 Å². The maximum Gasteiger partial charge on any atom is 0.221 e. The van der Waals surface area contributed by atoms with Crippen molar-refractivity contribution in [3.8, 4) is 0 Å². The number of nitrogens with zero attached hydrogens (tertiary/aromatic N) is 1. The molecule has 1 unspecified atom stereocenters.